The molecule has 1 amide bonds. The van der Waals surface area contributed by atoms with Crippen molar-refractivity contribution in [3.05, 3.63) is 52.8 Å². The fraction of sp³-hybridized carbons (Fsp3) is 0.590. The van der Waals surface area contributed by atoms with Gasteiger partial charge < -0.3 is 71.5 Å². The number of nitrogen functional groups attached to an aromatic ring is 2. The maximum atomic E-state index is 12.4. The van der Waals surface area contributed by atoms with Crippen molar-refractivity contribution < 1.29 is 59.1 Å². The lowest BCUT2D eigenvalue weighted by Crippen LogP contribution is -2.57. The Morgan fingerprint density at radius 3 is 2.08 bits per heavy atom. The first-order chi connectivity index (χ1) is 28.6. The van der Waals surface area contributed by atoms with Crippen molar-refractivity contribution in [2.45, 2.75) is 101 Å². The predicted octanol–water partition coefficient (Wildman–Crippen LogP) is -0.500. The molecule has 0 radical (unpaired) electrons. The number of guanidine groups is 1. The third kappa shape index (κ3) is 15.1. The number of aliphatic hydroxyl groups is 6. The van der Waals surface area contributed by atoms with Crippen molar-refractivity contribution in [1.29, 1.82) is 0 Å². The molecule has 2 aliphatic rings. The van der Waals surface area contributed by atoms with Gasteiger partial charge in [0.2, 0.25) is 0 Å². The van der Waals surface area contributed by atoms with Crippen LogP contribution < -0.4 is 27.3 Å². The van der Waals surface area contributed by atoms with E-state index in [9.17, 15) is 35.4 Å². The van der Waals surface area contributed by atoms with E-state index < -0.39 is 67.3 Å². The number of aliphatic imine (C=N–C) groups is 1. The number of ether oxygens (including phenoxy) is 5. The van der Waals surface area contributed by atoms with Crippen molar-refractivity contribution in [2.24, 2.45) is 10.7 Å². The van der Waals surface area contributed by atoms with E-state index in [2.05, 4.69) is 26.3 Å². The topological polar surface area (TPSA) is 316 Å². The highest BCUT2D eigenvalue weighted by Gasteiger charge is 2.40. The zero-order valence-corrected chi connectivity index (χ0v) is 37.3. The smallest absolute Gasteiger partial charge is 0.280 e. The Labute approximate surface area is 378 Å². The number of hydrogen-bond donors (Lipinski definition) is 10. The van der Waals surface area contributed by atoms with Gasteiger partial charge in [-0.05, 0) is 68.0 Å². The van der Waals surface area contributed by atoms with Gasteiger partial charge in [0.05, 0.1) is 32.0 Å². The number of amides is 1. The molecule has 0 spiro atoms. The minimum absolute atomic E-state index is 0. The Morgan fingerprint density at radius 2 is 1.47 bits per heavy atom. The van der Waals surface area contributed by atoms with E-state index in [0.717, 1.165) is 29.2 Å². The molecule has 2 aliphatic heterocycles. The number of aromatic nitrogens is 2. The number of benzene rings is 2. The van der Waals surface area contributed by atoms with Gasteiger partial charge in [-0.1, -0.05) is 35.9 Å². The van der Waals surface area contributed by atoms with Gasteiger partial charge in [0.15, 0.2) is 41.0 Å². The maximum Gasteiger partial charge on any atom is 0.280 e. The zero-order chi connectivity index (χ0) is 43.5. The Kier molecular flexibility index (Phi) is 21.6. The fourth-order valence-electron chi connectivity index (χ4n) is 6.88. The number of carbonyl (C=O) groups is 1. The normalized spacial score (nSPS) is 23.7. The minimum atomic E-state index is -1.48. The van der Waals surface area contributed by atoms with Crippen LogP contribution in [-0.2, 0) is 25.4 Å². The molecule has 2 aromatic carbocycles. The van der Waals surface area contributed by atoms with E-state index in [1.807, 2.05) is 30.3 Å². The largest absolute Gasteiger partial charge is 0.494 e. The molecule has 20 nitrogen and oxygen atoms in total. The number of aryl methyl sites for hydroxylation is 1. The summed E-state index contributed by atoms with van der Waals surface area (Å²) < 4.78 is 27.6. The lowest BCUT2D eigenvalue weighted by molar-refractivity contribution is -0.274. The molecule has 0 bridgehead atoms. The van der Waals surface area contributed by atoms with Crippen molar-refractivity contribution in [2.75, 3.05) is 57.5 Å². The number of nitrogens with zero attached hydrogens (tertiary/aromatic N) is 4. The molecule has 3 aromatic rings. The first-order valence-corrected chi connectivity index (χ1v) is 20.2. The number of carbonyl (C=O) groups excluding carboxylic acids is 1. The molecule has 10 atom stereocenters. The van der Waals surface area contributed by atoms with Crippen molar-refractivity contribution in [3.63, 3.8) is 0 Å². The van der Waals surface area contributed by atoms with Gasteiger partial charge in [0.25, 0.3) is 5.91 Å². The zero-order valence-electron chi connectivity index (χ0n) is 34.5. The summed E-state index contributed by atoms with van der Waals surface area (Å²) >= 11 is 5.84. The lowest BCUT2D eigenvalue weighted by atomic mass is 10.00. The van der Waals surface area contributed by atoms with Crippen LogP contribution in [0.1, 0.15) is 49.2 Å². The van der Waals surface area contributed by atoms with Gasteiger partial charge in [0.1, 0.15) is 42.4 Å². The van der Waals surface area contributed by atoms with E-state index in [0.29, 0.717) is 25.1 Å². The molecule has 2 saturated heterocycles. The molecule has 5 rings (SSSR count). The van der Waals surface area contributed by atoms with Crippen LogP contribution in [-0.4, -0.2) is 165 Å². The highest BCUT2D eigenvalue weighted by Crippen LogP contribution is 2.25. The molecule has 348 valence electrons. The highest BCUT2D eigenvalue weighted by molar-refractivity contribution is 7.59. The first kappa shape index (κ1) is 53.0. The maximum absolute atomic E-state index is 12.4. The van der Waals surface area contributed by atoms with Crippen LogP contribution in [0.5, 0.6) is 5.75 Å². The number of fused-ring (bicyclic) bond motifs is 1. The van der Waals surface area contributed by atoms with E-state index in [1.165, 1.54) is 0 Å². The molecule has 1 aromatic heterocycles. The molecule has 23 heteroatoms. The Morgan fingerprint density at radius 1 is 0.887 bits per heavy atom. The van der Waals surface area contributed by atoms with Crippen molar-refractivity contribution >= 4 is 72.9 Å². The van der Waals surface area contributed by atoms with Crippen molar-refractivity contribution in [1.82, 2.24) is 20.2 Å². The summed E-state index contributed by atoms with van der Waals surface area (Å²) in [6, 6.07) is 11.9. The van der Waals surface area contributed by atoms with Gasteiger partial charge in [-0.2, -0.15) is 27.0 Å². The van der Waals surface area contributed by atoms with E-state index in [1.54, 1.807) is 18.7 Å². The van der Waals surface area contributed by atoms with E-state index >= 15 is 0 Å². The number of anilines is 2. The molecule has 2 fully saturated rings. The second-order valence-corrected chi connectivity index (χ2v) is 15.2. The standard InChI is InChI=1S/C39H57ClN8O12.2H2S/c1-20-57-18-28(51)33(59-20)31(53)26(49)16-48(17-27(50)32(54)34-29(52)19-58-21(2)60-34)12-5-13-56-25-10-9-23-14-22(7-8-24(23)15-25)6-3-4-11-44-39(43)47-38(55)30-36(41)46-37(42)35(40)45-30;;/h7-10,14-15,20-21,26-29,31-34,49-54H,3-6,11-13,16-19H2,1-2H3,(H4,41,42,46)(H3,43,44,47,55);2*1H2/t20?,21?,26-,27-,28+,29+,31+,32+,33+,34+;;/m0../s1. The number of aliphatic hydroxyl groups excluding tert-OH is 6. The van der Waals surface area contributed by atoms with Gasteiger partial charge in [-0.3, -0.25) is 20.0 Å². The van der Waals surface area contributed by atoms with Gasteiger partial charge in [-0.25, -0.2) is 9.97 Å². The second-order valence-electron chi connectivity index (χ2n) is 14.9. The molecule has 0 aliphatic carbocycles. The lowest BCUT2D eigenvalue weighted by Gasteiger charge is -2.39. The van der Waals surface area contributed by atoms with Crippen LogP contribution in [0.25, 0.3) is 10.8 Å². The van der Waals surface area contributed by atoms with Gasteiger partial charge >= 0.3 is 0 Å². The summed E-state index contributed by atoms with van der Waals surface area (Å²) in [6.45, 7) is 3.73. The number of halogens is 1. The number of nitrogens with two attached hydrogens (primary N) is 3. The SMILES string of the molecule is CC1OC[C@@H](O)[C@H]([C@H](O)[C@@H](O)CN(CCCOc2ccc3cc(CCCCN=C(N)NC(=O)c4nc(Cl)c(N)nc4N)ccc3c2)C[C@H](O)[C@@H](O)[C@@H]2OC(C)OC[C@H]2O)O1.S.S. The Hall–Kier alpha value is -3.33. The molecule has 2 unspecified atom stereocenters. The van der Waals surface area contributed by atoms with Crippen LogP contribution in [0.3, 0.4) is 0 Å². The predicted molar refractivity (Wildman–Crippen MR) is 241 cm³/mol. The molecule has 62 heavy (non-hydrogen) atoms. The Bertz CT molecular complexity index is 1870. The van der Waals surface area contributed by atoms with Gasteiger partial charge in [0, 0.05) is 26.2 Å². The molecule has 3 heterocycles. The van der Waals surface area contributed by atoms with Crippen molar-refractivity contribution in [3.8, 4) is 5.75 Å². The number of unbranched alkanes of at least 4 members (excludes halogenated alkanes) is 1. The van der Waals surface area contributed by atoms with Crippen LogP contribution in [0, 0.1) is 0 Å². The average molecular weight is 934 g/mol. The van der Waals surface area contributed by atoms with E-state index in [4.69, 9.17) is 52.5 Å². The highest BCUT2D eigenvalue weighted by atomic mass is 35.5. The number of nitrogens with one attached hydrogen (secondary N) is 1. The number of rotatable bonds is 19. The third-order valence-electron chi connectivity index (χ3n) is 10.1. The second kappa shape index (κ2) is 25.2. The van der Waals surface area contributed by atoms with Crippen LogP contribution in [0.4, 0.5) is 11.6 Å². The summed E-state index contributed by atoms with van der Waals surface area (Å²) in [5.41, 5.74) is 18.1. The first-order valence-electron chi connectivity index (χ1n) is 19.8. The number of hydrogen-bond acceptors (Lipinski definition) is 18. The average Bonchev–Trinajstić information content (AvgIpc) is 3.21. The van der Waals surface area contributed by atoms with E-state index in [-0.39, 0.29) is 94.9 Å². The van der Waals surface area contributed by atoms with Crippen LogP contribution in [0.2, 0.25) is 5.15 Å². The molecular weight excluding hydrogens is 872 g/mol. The molecule has 13 N–H and O–H groups in total. The summed E-state index contributed by atoms with van der Waals surface area (Å²) in [6.07, 6.45) is -8.91. The quantitative estimate of drug-likeness (QED) is 0.0412. The summed E-state index contributed by atoms with van der Waals surface area (Å²) in [5.74, 6) is -0.421. The molecule has 0 saturated carbocycles. The monoisotopic (exact) mass is 932 g/mol. The minimum Gasteiger partial charge on any atom is -0.494 e. The third-order valence-corrected chi connectivity index (χ3v) is 10.4. The summed E-state index contributed by atoms with van der Waals surface area (Å²) in [7, 11) is 0. The molecular formula is C39H61ClN8O12S2. The fourth-order valence-corrected chi connectivity index (χ4v) is 7.00. The summed E-state index contributed by atoms with van der Waals surface area (Å²) in [4.78, 5) is 25.9. The Balaban J connectivity index is 0.00000512. The van der Waals surface area contributed by atoms with Gasteiger partial charge in [-0.15, -0.1) is 0 Å². The summed E-state index contributed by atoms with van der Waals surface area (Å²) in [5, 5.41) is 68.9. The van der Waals surface area contributed by atoms with Crippen LogP contribution in [0.15, 0.2) is 41.4 Å². The van der Waals surface area contributed by atoms with Crippen LogP contribution >= 0.6 is 38.6 Å².